The second kappa shape index (κ2) is 9.47. The zero-order valence-corrected chi connectivity index (χ0v) is 18.6. The first kappa shape index (κ1) is 26.4. The average molecular weight is 516 g/mol. The number of amides is 1. The van der Waals surface area contributed by atoms with Gasteiger partial charge in [-0.1, -0.05) is 12.1 Å². The number of benzene rings is 1. The normalized spacial score (nSPS) is 13.7. The van der Waals surface area contributed by atoms with E-state index < -0.39 is 41.9 Å². The molecule has 0 radical (unpaired) electrons. The Balaban J connectivity index is 2.22. The van der Waals surface area contributed by atoms with Crippen molar-refractivity contribution in [1.82, 2.24) is 25.5 Å². The molecule has 9 nitrogen and oxygen atoms in total. The Bertz CT molecular complexity index is 1280. The Morgan fingerprint density at radius 2 is 1.83 bits per heavy atom. The number of carbonyl (C=O) groups is 2. The molecule has 0 saturated carbocycles. The zero-order chi connectivity index (χ0) is 26.9. The van der Waals surface area contributed by atoms with Crippen LogP contribution >= 0.6 is 0 Å². The number of rotatable bonds is 6. The van der Waals surface area contributed by atoms with Crippen LogP contribution in [0.4, 0.5) is 32.2 Å². The molecule has 15 heteroatoms. The summed E-state index contributed by atoms with van der Waals surface area (Å²) >= 11 is 0. The number of nitrogens with two attached hydrogens (primary N) is 1. The number of hydrogen-bond acceptors (Lipinski definition) is 7. The highest BCUT2D eigenvalue weighted by Gasteiger charge is 2.62. The van der Waals surface area contributed by atoms with Crippen LogP contribution in [0.3, 0.4) is 0 Å². The van der Waals surface area contributed by atoms with Crippen molar-refractivity contribution in [3.05, 3.63) is 47.9 Å². The number of aromatic nitrogens is 4. The number of esters is 1. The molecule has 0 fully saturated rings. The fourth-order valence-electron chi connectivity index (χ4n) is 3.25. The van der Waals surface area contributed by atoms with Crippen molar-refractivity contribution in [3.8, 4) is 22.5 Å². The second-order valence-electron chi connectivity index (χ2n) is 7.63. The Hall–Kier alpha value is -4.17. The van der Waals surface area contributed by atoms with Gasteiger partial charge in [-0.2, -0.15) is 31.4 Å². The number of ether oxygens (including phenoxy) is 1. The van der Waals surface area contributed by atoms with E-state index >= 15 is 0 Å². The van der Waals surface area contributed by atoms with Crippen LogP contribution < -0.4 is 11.1 Å². The van der Waals surface area contributed by atoms with Crippen molar-refractivity contribution < 1.29 is 40.7 Å². The molecule has 192 valence electrons. The molecule has 3 aromatic rings. The van der Waals surface area contributed by atoms with E-state index in [-0.39, 0.29) is 22.8 Å². The lowest BCUT2D eigenvalue weighted by Gasteiger charge is -2.36. The Morgan fingerprint density at radius 3 is 2.39 bits per heavy atom. The minimum atomic E-state index is -5.73. The van der Waals surface area contributed by atoms with Crippen LogP contribution in [0.2, 0.25) is 0 Å². The van der Waals surface area contributed by atoms with Crippen LogP contribution in [0, 0.1) is 6.92 Å². The first-order valence-electron chi connectivity index (χ1n) is 10.00. The minimum absolute atomic E-state index is 0.0108. The van der Waals surface area contributed by atoms with Crippen LogP contribution in [0.25, 0.3) is 22.5 Å². The fourth-order valence-corrected chi connectivity index (χ4v) is 3.25. The van der Waals surface area contributed by atoms with Gasteiger partial charge in [-0.15, -0.1) is 0 Å². The lowest BCUT2D eigenvalue weighted by atomic mass is 9.89. The molecule has 0 aliphatic carbocycles. The number of anilines is 1. The second-order valence-corrected chi connectivity index (χ2v) is 7.63. The van der Waals surface area contributed by atoms with Crippen molar-refractivity contribution in [3.63, 3.8) is 0 Å². The quantitative estimate of drug-likeness (QED) is 0.337. The standard InChI is InChI=1S/C21H18F6N6O3/c1-10-3-4-13(5-14(10)15-8-29-17(28)16(33-15)12-6-31-32-7-12)19(21(25,26)27,9-30-11(2)34)36-18(35)20(22,23)24/h3-8H,9H2,1-2H3,(H2,28,29)(H,30,34)(H,31,32). The van der Waals surface area contributed by atoms with Crippen LogP contribution in [0.5, 0.6) is 0 Å². The summed E-state index contributed by atoms with van der Waals surface area (Å²) in [6.07, 6.45) is -7.31. The number of nitrogen functional groups attached to an aromatic ring is 1. The molecule has 0 aliphatic rings. The molecular weight excluding hydrogens is 498 g/mol. The summed E-state index contributed by atoms with van der Waals surface area (Å²) in [6, 6.07) is 2.89. The van der Waals surface area contributed by atoms with E-state index in [0.29, 0.717) is 11.1 Å². The molecule has 1 aromatic carbocycles. The van der Waals surface area contributed by atoms with Gasteiger partial charge in [0.25, 0.3) is 0 Å². The molecule has 0 saturated heterocycles. The van der Waals surface area contributed by atoms with Gasteiger partial charge in [-0.3, -0.25) is 9.89 Å². The predicted octanol–water partition coefficient (Wildman–Crippen LogP) is 3.42. The van der Waals surface area contributed by atoms with Gasteiger partial charge < -0.3 is 15.8 Å². The van der Waals surface area contributed by atoms with Crippen molar-refractivity contribution >= 4 is 17.7 Å². The van der Waals surface area contributed by atoms with Crippen LogP contribution in [-0.2, 0) is 19.9 Å². The predicted molar refractivity (Wildman–Crippen MR) is 113 cm³/mol. The van der Waals surface area contributed by atoms with E-state index in [1.54, 1.807) is 5.32 Å². The smallest absolute Gasteiger partial charge is 0.436 e. The number of halogens is 6. The summed E-state index contributed by atoms with van der Waals surface area (Å²) in [5.41, 5.74) is 2.09. The molecule has 2 heterocycles. The third kappa shape index (κ3) is 5.23. The largest absolute Gasteiger partial charge is 0.490 e. The van der Waals surface area contributed by atoms with Gasteiger partial charge in [0, 0.05) is 29.8 Å². The lowest BCUT2D eigenvalue weighted by molar-refractivity contribution is -0.288. The van der Waals surface area contributed by atoms with E-state index in [2.05, 4.69) is 24.9 Å². The molecular formula is C21H18F6N6O3. The molecule has 2 aromatic heterocycles. The van der Waals surface area contributed by atoms with Crippen molar-refractivity contribution in [2.24, 2.45) is 0 Å². The van der Waals surface area contributed by atoms with E-state index in [4.69, 9.17) is 5.73 Å². The van der Waals surface area contributed by atoms with E-state index in [1.807, 2.05) is 0 Å². The Labute approximate surface area is 199 Å². The van der Waals surface area contributed by atoms with Gasteiger partial charge in [0.15, 0.2) is 0 Å². The molecule has 0 aliphatic heterocycles. The number of aromatic amines is 1. The summed E-state index contributed by atoms with van der Waals surface area (Å²) in [6.45, 7) is 0.859. The first-order valence-corrected chi connectivity index (χ1v) is 10.00. The molecule has 1 amide bonds. The van der Waals surface area contributed by atoms with Gasteiger partial charge >= 0.3 is 18.3 Å². The summed E-state index contributed by atoms with van der Waals surface area (Å²) in [4.78, 5) is 31.3. The molecule has 1 atom stereocenters. The third-order valence-corrected chi connectivity index (χ3v) is 5.09. The summed E-state index contributed by atoms with van der Waals surface area (Å²) in [5, 5.41) is 8.12. The third-order valence-electron chi connectivity index (χ3n) is 5.09. The highest BCUT2D eigenvalue weighted by molar-refractivity contribution is 5.77. The monoisotopic (exact) mass is 516 g/mol. The lowest BCUT2D eigenvalue weighted by Crippen LogP contribution is -2.55. The molecule has 1 unspecified atom stereocenters. The topological polar surface area (TPSA) is 136 Å². The van der Waals surface area contributed by atoms with Crippen LogP contribution in [0.15, 0.2) is 36.8 Å². The number of alkyl halides is 6. The number of hydrogen-bond donors (Lipinski definition) is 3. The van der Waals surface area contributed by atoms with Crippen molar-refractivity contribution in [2.75, 3.05) is 12.3 Å². The molecule has 3 rings (SSSR count). The maximum Gasteiger partial charge on any atom is 0.490 e. The van der Waals surface area contributed by atoms with Crippen LogP contribution in [-0.4, -0.2) is 50.9 Å². The number of carbonyl (C=O) groups excluding carboxylic acids is 2. The fraction of sp³-hybridized carbons (Fsp3) is 0.286. The molecule has 0 spiro atoms. The number of nitrogens with one attached hydrogen (secondary N) is 2. The highest BCUT2D eigenvalue weighted by atomic mass is 19.4. The summed E-state index contributed by atoms with van der Waals surface area (Å²) in [5.74, 6) is -4.08. The molecule has 36 heavy (non-hydrogen) atoms. The number of nitrogens with zero attached hydrogens (tertiary/aromatic N) is 3. The Morgan fingerprint density at radius 1 is 1.14 bits per heavy atom. The summed E-state index contributed by atoms with van der Waals surface area (Å²) in [7, 11) is 0. The molecule has 4 N–H and O–H groups in total. The summed E-state index contributed by atoms with van der Waals surface area (Å²) < 4.78 is 85.9. The van der Waals surface area contributed by atoms with Crippen LogP contribution in [0.1, 0.15) is 18.1 Å². The van der Waals surface area contributed by atoms with Gasteiger partial charge in [0.1, 0.15) is 11.5 Å². The SMILES string of the molecule is CC(=O)NCC(OC(=O)C(F)(F)F)(c1ccc(C)c(-c2cnc(N)c(-c3cn[nH]c3)n2)c1)C(F)(F)F. The van der Waals surface area contributed by atoms with Crippen molar-refractivity contribution in [1.29, 1.82) is 0 Å². The van der Waals surface area contributed by atoms with E-state index in [0.717, 1.165) is 25.3 Å². The maximum absolute atomic E-state index is 14.3. The van der Waals surface area contributed by atoms with Gasteiger partial charge in [-0.05, 0) is 18.6 Å². The average Bonchev–Trinajstić information content (AvgIpc) is 3.30. The van der Waals surface area contributed by atoms with E-state index in [1.165, 1.54) is 25.4 Å². The minimum Gasteiger partial charge on any atom is -0.436 e. The maximum atomic E-state index is 14.3. The van der Waals surface area contributed by atoms with E-state index in [9.17, 15) is 35.9 Å². The van der Waals surface area contributed by atoms with Crippen molar-refractivity contribution in [2.45, 2.75) is 31.8 Å². The zero-order valence-electron chi connectivity index (χ0n) is 18.6. The molecule has 0 bridgehead atoms. The van der Waals surface area contributed by atoms with Gasteiger partial charge in [0.05, 0.1) is 24.6 Å². The highest BCUT2D eigenvalue weighted by Crippen LogP contribution is 2.44. The van der Waals surface area contributed by atoms with Gasteiger partial charge in [0.2, 0.25) is 11.5 Å². The first-order chi connectivity index (χ1) is 16.7. The van der Waals surface area contributed by atoms with Gasteiger partial charge in [-0.25, -0.2) is 14.8 Å². The Kier molecular flexibility index (Phi) is 6.95. The number of H-pyrrole nitrogens is 1. The number of aryl methyl sites for hydroxylation is 1.